The molecule has 1 aliphatic heterocycles. The van der Waals surface area contributed by atoms with Crippen LogP contribution in [0.2, 0.25) is 5.02 Å². The van der Waals surface area contributed by atoms with E-state index in [-0.39, 0.29) is 30.1 Å². The molecule has 2 aliphatic rings. The molecular weight excluding hydrogens is 398 g/mol. The first-order valence-electron chi connectivity index (χ1n) is 9.33. The highest BCUT2D eigenvalue weighted by Crippen LogP contribution is 2.34. The Labute approximate surface area is 174 Å². The number of likely N-dealkylation sites (N-methyl/N-ethyl adjacent to an activating group) is 1. The Morgan fingerprint density at radius 1 is 1.39 bits per heavy atom. The van der Waals surface area contributed by atoms with E-state index in [0.717, 1.165) is 16.7 Å². The molecule has 1 aliphatic carbocycles. The average molecular weight is 422 g/mol. The van der Waals surface area contributed by atoms with Gasteiger partial charge in [-0.25, -0.2) is 0 Å². The zero-order valence-corrected chi connectivity index (χ0v) is 17.6. The van der Waals surface area contributed by atoms with Crippen molar-refractivity contribution < 1.29 is 14.4 Å². The van der Waals surface area contributed by atoms with Crippen molar-refractivity contribution >= 4 is 46.5 Å². The highest BCUT2D eigenvalue weighted by atomic mass is 35.5. The number of carbonyl (C=O) groups excluding carboxylic acids is 3. The van der Waals surface area contributed by atoms with E-state index in [1.165, 1.54) is 12.8 Å². The van der Waals surface area contributed by atoms with Gasteiger partial charge in [0, 0.05) is 24.2 Å². The van der Waals surface area contributed by atoms with Gasteiger partial charge in [-0.1, -0.05) is 29.8 Å². The van der Waals surface area contributed by atoms with Gasteiger partial charge in [0.15, 0.2) is 0 Å². The van der Waals surface area contributed by atoms with Crippen LogP contribution >= 0.6 is 23.4 Å². The molecule has 2 fully saturated rings. The van der Waals surface area contributed by atoms with Crippen molar-refractivity contribution in [3.63, 3.8) is 0 Å². The SMILES string of the molecule is CC(C1CC1)N(C)CC(=O)NCCN1C(=O)SC(=Cc2ccccc2Cl)C1=O. The number of nitrogens with one attached hydrogen (secondary N) is 1. The van der Waals surface area contributed by atoms with Crippen molar-refractivity contribution in [2.24, 2.45) is 5.92 Å². The third-order valence-electron chi connectivity index (χ3n) is 5.12. The fourth-order valence-corrected chi connectivity index (χ4v) is 4.14. The number of benzene rings is 1. The molecule has 0 bridgehead atoms. The molecule has 0 aromatic heterocycles. The molecule has 28 heavy (non-hydrogen) atoms. The molecule has 1 heterocycles. The first-order valence-corrected chi connectivity index (χ1v) is 10.5. The second-order valence-electron chi connectivity index (χ2n) is 7.20. The van der Waals surface area contributed by atoms with Crippen LogP contribution in [-0.4, -0.2) is 59.6 Å². The maximum atomic E-state index is 12.5. The van der Waals surface area contributed by atoms with Crippen LogP contribution in [0.3, 0.4) is 0 Å². The van der Waals surface area contributed by atoms with Gasteiger partial charge >= 0.3 is 0 Å². The Hall–Kier alpha value is -1.83. The Kier molecular flexibility index (Phi) is 6.80. The van der Waals surface area contributed by atoms with Crippen molar-refractivity contribution in [2.45, 2.75) is 25.8 Å². The number of amides is 3. The summed E-state index contributed by atoms with van der Waals surface area (Å²) >= 11 is 7.00. The lowest BCUT2D eigenvalue weighted by molar-refractivity contribution is -0.124. The van der Waals surface area contributed by atoms with Gasteiger partial charge in [0.2, 0.25) is 5.91 Å². The van der Waals surface area contributed by atoms with Gasteiger partial charge in [-0.2, -0.15) is 0 Å². The van der Waals surface area contributed by atoms with Gasteiger partial charge < -0.3 is 5.32 Å². The van der Waals surface area contributed by atoms with Gasteiger partial charge in [-0.3, -0.25) is 24.2 Å². The van der Waals surface area contributed by atoms with Gasteiger partial charge in [0.1, 0.15) is 0 Å². The standard InChI is InChI=1S/C20H24ClN3O3S/c1-13(14-7-8-14)23(2)12-18(25)22-9-10-24-19(26)17(28-20(24)27)11-15-5-3-4-6-16(15)21/h3-6,11,13-14H,7-10,12H2,1-2H3,(H,22,25). The third kappa shape index (κ3) is 5.16. The Morgan fingerprint density at radius 3 is 2.79 bits per heavy atom. The molecule has 150 valence electrons. The molecule has 3 rings (SSSR count). The molecule has 1 N–H and O–H groups in total. The molecular formula is C20H24ClN3O3S. The predicted molar refractivity (Wildman–Crippen MR) is 112 cm³/mol. The van der Waals surface area contributed by atoms with Crippen molar-refractivity contribution in [2.75, 3.05) is 26.7 Å². The van der Waals surface area contributed by atoms with E-state index in [4.69, 9.17) is 11.6 Å². The summed E-state index contributed by atoms with van der Waals surface area (Å²) in [4.78, 5) is 40.3. The highest BCUT2D eigenvalue weighted by molar-refractivity contribution is 8.18. The number of thioether (sulfide) groups is 1. The van der Waals surface area contributed by atoms with Crippen LogP contribution in [0.5, 0.6) is 0 Å². The van der Waals surface area contributed by atoms with E-state index in [1.807, 2.05) is 18.0 Å². The molecule has 0 spiro atoms. The van der Waals surface area contributed by atoms with Crippen molar-refractivity contribution in [3.8, 4) is 0 Å². The molecule has 1 atom stereocenters. The quantitative estimate of drug-likeness (QED) is 0.652. The van der Waals surface area contributed by atoms with Crippen LogP contribution in [0, 0.1) is 5.92 Å². The monoisotopic (exact) mass is 421 g/mol. The van der Waals surface area contributed by atoms with Gasteiger partial charge in [-0.05, 0) is 62.2 Å². The molecule has 3 amide bonds. The van der Waals surface area contributed by atoms with Gasteiger partial charge in [-0.15, -0.1) is 0 Å². The number of carbonyl (C=O) groups is 3. The van der Waals surface area contributed by atoms with Crippen molar-refractivity contribution in [3.05, 3.63) is 39.8 Å². The Bertz CT molecular complexity index is 810. The van der Waals surface area contributed by atoms with Crippen LogP contribution in [-0.2, 0) is 9.59 Å². The molecule has 8 heteroatoms. The smallest absolute Gasteiger partial charge is 0.293 e. The fraction of sp³-hybridized carbons (Fsp3) is 0.450. The van der Waals surface area contributed by atoms with E-state index in [1.54, 1.807) is 24.3 Å². The van der Waals surface area contributed by atoms with E-state index in [2.05, 4.69) is 12.2 Å². The molecule has 1 unspecified atom stereocenters. The number of nitrogens with zero attached hydrogens (tertiary/aromatic N) is 2. The summed E-state index contributed by atoms with van der Waals surface area (Å²) in [7, 11) is 1.94. The molecule has 6 nitrogen and oxygen atoms in total. The van der Waals surface area contributed by atoms with Crippen LogP contribution in [0.15, 0.2) is 29.2 Å². The summed E-state index contributed by atoms with van der Waals surface area (Å²) in [6.45, 7) is 2.84. The maximum Gasteiger partial charge on any atom is 0.293 e. The maximum absolute atomic E-state index is 12.5. The lowest BCUT2D eigenvalue weighted by Gasteiger charge is -2.24. The molecule has 1 saturated carbocycles. The normalized spacial score (nSPS) is 19.6. The predicted octanol–water partition coefficient (Wildman–Crippen LogP) is 3.22. The van der Waals surface area contributed by atoms with Gasteiger partial charge in [0.25, 0.3) is 11.1 Å². The lowest BCUT2D eigenvalue weighted by atomic mass is 10.2. The topological polar surface area (TPSA) is 69.7 Å². The van der Waals surface area contributed by atoms with E-state index >= 15 is 0 Å². The second-order valence-corrected chi connectivity index (χ2v) is 8.60. The first kappa shape index (κ1) is 20.9. The largest absolute Gasteiger partial charge is 0.353 e. The zero-order chi connectivity index (χ0) is 20.3. The van der Waals surface area contributed by atoms with E-state index in [9.17, 15) is 14.4 Å². The van der Waals surface area contributed by atoms with Crippen LogP contribution in [0.1, 0.15) is 25.3 Å². The Balaban J connectivity index is 1.49. The summed E-state index contributed by atoms with van der Waals surface area (Å²) < 4.78 is 0. The molecule has 1 saturated heterocycles. The number of hydrogen-bond donors (Lipinski definition) is 1. The van der Waals surface area contributed by atoms with E-state index in [0.29, 0.717) is 34.0 Å². The first-order chi connectivity index (χ1) is 13.4. The molecule has 1 aromatic carbocycles. The summed E-state index contributed by atoms with van der Waals surface area (Å²) in [6.07, 6.45) is 4.09. The second kappa shape index (κ2) is 9.11. The molecule has 1 aromatic rings. The number of hydrogen-bond acceptors (Lipinski definition) is 5. The minimum absolute atomic E-state index is 0.103. The fourth-order valence-electron chi connectivity index (χ4n) is 3.10. The molecule has 0 radical (unpaired) electrons. The summed E-state index contributed by atoms with van der Waals surface area (Å²) in [6, 6.07) is 7.53. The summed E-state index contributed by atoms with van der Waals surface area (Å²) in [5.41, 5.74) is 0.691. The number of halogens is 1. The van der Waals surface area contributed by atoms with E-state index < -0.39 is 0 Å². The number of rotatable bonds is 8. The minimum Gasteiger partial charge on any atom is -0.353 e. The minimum atomic E-state index is -0.358. The lowest BCUT2D eigenvalue weighted by Crippen LogP contribution is -2.43. The third-order valence-corrected chi connectivity index (χ3v) is 6.37. The van der Waals surface area contributed by atoms with Crippen LogP contribution < -0.4 is 5.32 Å². The summed E-state index contributed by atoms with van der Waals surface area (Å²) in [5.74, 6) is 0.232. The zero-order valence-electron chi connectivity index (χ0n) is 16.0. The van der Waals surface area contributed by atoms with Crippen LogP contribution in [0.4, 0.5) is 4.79 Å². The highest BCUT2D eigenvalue weighted by Gasteiger charge is 2.35. The Morgan fingerprint density at radius 2 is 2.11 bits per heavy atom. The van der Waals surface area contributed by atoms with Crippen molar-refractivity contribution in [1.29, 1.82) is 0 Å². The van der Waals surface area contributed by atoms with Crippen LogP contribution in [0.25, 0.3) is 6.08 Å². The number of imide groups is 1. The summed E-state index contributed by atoms with van der Waals surface area (Å²) in [5, 5.41) is 2.98. The van der Waals surface area contributed by atoms with Crippen molar-refractivity contribution in [1.82, 2.24) is 15.1 Å². The average Bonchev–Trinajstić information content (AvgIpc) is 3.46. The van der Waals surface area contributed by atoms with Gasteiger partial charge in [0.05, 0.1) is 11.4 Å².